The van der Waals surface area contributed by atoms with Crippen LogP contribution in [0.15, 0.2) is 18.2 Å². The smallest absolute Gasteiger partial charge is 0.322 e. The van der Waals surface area contributed by atoms with Gasteiger partial charge in [0.15, 0.2) is 5.92 Å². The Morgan fingerprint density at radius 1 is 1.00 bits per heavy atom. The zero-order valence-corrected chi connectivity index (χ0v) is 9.34. The summed E-state index contributed by atoms with van der Waals surface area (Å²) in [5, 5.41) is 17.7. The third-order valence-corrected chi connectivity index (χ3v) is 2.20. The Morgan fingerprint density at radius 2 is 1.41 bits per heavy atom. The molecule has 0 fully saturated rings. The van der Waals surface area contributed by atoms with Crippen LogP contribution in [0.1, 0.15) is 11.5 Å². The molecular formula is C11H12O6. The normalized spacial score (nSPS) is 10.1. The summed E-state index contributed by atoms with van der Waals surface area (Å²) in [6.45, 7) is 0. The van der Waals surface area contributed by atoms with E-state index in [4.69, 9.17) is 19.7 Å². The van der Waals surface area contributed by atoms with E-state index in [1.807, 2.05) is 0 Å². The number of carbonyl (C=O) groups is 2. The molecule has 0 spiro atoms. The van der Waals surface area contributed by atoms with Crippen molar-refractivity contribution >= 4 is 11.9 Å². The van der Waals surface area contributed by atoms with Gasteiger partial charge in [0.2, 0.25) is 0 Å². The van der Waals surface area contributed by atoms with E-state index in [1.165, 1.54) is 32.4 Å². The molecule has 6 heteroatoms. The standard InChI is InChI=1S/C11H12O6/c1-16-7-3-6(4-8(5-7)17-2)9(10(12)13)11(14)15/h3-5,9H,1-2H3,(H,12,13)(H,14,15). The van der Waals surface area contributed by atoms with Gasteiger partial charge in [-0.3, -0.25) is 9.59 Å². The van der Waals surface area contributed by atoms with E-state index in [1.54, 1.807) is 0 Å². The first kappa shape index (κ1) is 12.8. The highest BCUT2D eigenvalue weighted by Gasteiger charge is 2.28. The van der Waals surface area contributed by atoms with Gasteiger partial charge >= 0.3 is 11.9 Å². The third kappa shape index (κ3) is 2.87. The molecule has 0 aromatic heterocycles. The summed E-state index contributed by atoms with van der Waals surface area (Å²) in [6, 6.07) is 4.25. The molecule has 0 atom stereocenters. The fourth-order valence-electron chi connectivity index (χ4n) is 1.39. The first-order chi connectivity index (χ1) is 7.99. The van der Waals surface area contributed by atoms with E-state index in [0.717, 1.165) is 0 Å². The Kier molecular flexibility index (Phi) is 3.92. The summed E-state index contributed by atoms with van der Waals surface area (Å²) < 4.78 is 9.88. The van der Waals surface area contributed by atoms with Crippen LogP contribution >= 0.6 is 0 Å². The topological polar surface area (TPSA) is 93.1 Å². The number of carboxylic acid groups (broad SMARTS) is 2. The fourth-order valence-corrected chi connectivity index (χ4v) is 1.39. The molecule has 6 nitrogen and oxygen atoms in total. The minimum atomic E-state index is -1.64. The van der Waals surface area contributed by atoms with E-state index in [2.05, 4.69) is 0 Å². The van der Waals surface area contributed by atoms with Gasteiger partial charge in [-0.25, -0.2) is 0 Å². The number of benzene rings is 1. The molecule has 92 valence electrons. The molecule has 0 aliphatic carbocycles. The molecular weight excluding hydrogens is 228 g/mol. The van der Waals surface area contributed by atoms with Gasteiger partial charge in [-0.2, -0.15) is 0 Å². The van der Waals surface area contributed by atoms with Crippen molar-refractivity contribution in [3.05, 3.63) is 23.8 Å². The van der Waals surface area contributed by atoms with Gasteiger partial charge in [0, 0.05) is 6.07 Å². The van der Waals surface area contributed by atoms with Crippen LogP contribution in [0.25, 0.3) is 0 Å². The van der Waals surface area contributed by atoms with Crippen LogP contribution < -0.4 is 9.47 Å². The van der Waals surface area contributed by atoms with Gasteiger partial charge < -0.3 is 19.7 Å². The summed E-state index contributed by atoms with van der Waals surface area (Å²) in [5.41, 5.74) is 0.0983. The van der Waals surface area contributed by atoms with Gasteiger partial charge in [0.05, 0.1) is 14.2 Å². The molecule has 1 aromatic rings. The number of ether oxygens (including phenoxy) is 2. The Hall–Kier alpha value is -2.24. The van der Waals surface area contributed by atoms with Crippen molar-refractivity contribution < 1.29 is 29.3 Å². The van der Waals surface area contributed by atoms with Crippen molar-refractivity contribution in [2.24, 2.45) is 0 Å². The highest BCUT2D eigenvalue weighted by atomic mass is 16.5. The van der Waals surface area contributed by atoms with E-state index < -0.39 is 17.9 Å². The molecule has 0 radical (unpaired) electrons. The number of carboxylic acids is 2. The zero-order valence-electron chi connectivity index (χ0n) is 9.34. The van der Waals surface area contributed by atoms with E-state index in [-0.39, 0.29) is 5.56 Å². The number of methoxy groups -OCH3 is 2. The van der Waals surface area contributed by atoms with E-state index in [9.17, 15) is 9.59 Å². The van der Waals surface area contributed by atoms with Crippen LogP contribution in [0.2, 0.25) is 0 Å². The average Bonchev–Trinajstić information content (AvgIpc) is 2.27. The molecule has 1 rings (SSSR count). The molecule has 0 saturated carbocycles. The summed E-state index contributed by atoms with van der Waals surface area (Å²) >= 11 is 0. The lowest BCUT2D eigenvalue weighted by Gasteiger charge is -2.11. The van der Waals surface area contributed by atoms with Gasteiger partial charge in [0.1, 0.15) is 11.5 Å². The van der Waals surface area contributed by atoms with Gasteiger partial charge in [-0.15, -0.1) is 0 Å². The molecule has 0 aliphatic heterocycles. The van der Waals surface area contributed by atoms with E-state index in [0.29, 0.717) is 11.5 Å². The maximum Gasteiger partial charge on any atom is 0.322 e. The molecule has 0 heterocycles. The Bertz CT molecular complexity index is 403. The fraction of sp³-hybridized carbons (Fsp3) is 0.273. The average molecular weight is 240 g/mol. The Balaban J connectivity index is 3.27. The molecule has 0 aliphatic rings. The van der Waals surface area contributed by atoms with Gasteiger partial charge in [0.25, 0.3) is 0 Å². The molecule has 17 heavy (non-hydrogen) atoms. The second-order valence-corrected chi connectivity index (χ2v) is 3.26. The van der Waals surface area contributed by atoms with Crippen molar-refractivity contribution in [3.8, 4) is 11.5 Å². The second-order valence-electron chi connectivity index (χ2n) is 3.26. The lowest BCUT2D eigenvalue weighted by atomic mass is 9.99. The number of hydrogen-bond acceptors (Lipinski definition) is 4. The van der Waals surface area contributed by atoms with Crippen molar-refractivity contribution in [3.63, 3.8) is 0 Å². The third-order valence-electron chi connectivity index (χ3n) is 2.20. The molecule has 0 unspecified atom stereocenters. The Labute approximate surface area is 97.4 Å². The molecule has 1 aromatic carbocycles. The monoisotopic (exact) mass is 240 g/mol. The second kappa shape index (κ2) is 5.20. The lowest BCUT2D eigenvalue weighted by Crippen LogP contribution is -2.21. The van der Waals surface area contributed by atoms with Crippen molar-refractivity contribution in [1.29, 1.82) is 0 Å². The molecule has 0 amide bonds. The number of aliphatic carboxylic acids is 2. The largest absolute Gasteiger partial charge is 0.497 e. The van der Waals surface area contributed by atoms with Crippen LogP contribution in [0.3, 0.4) is 0 Å². The highest BCUT2D eigenvalue weighted by Crippen LogP contribution is 2.27. The first-order valence-electron chi connectivity index (χ1n) is 4.68. The Morgan fingerprint density at radius 3 is 1.71 bits per heavy atom. The quantitative estimate of drug-likeness (QED) is 0.744. The minimum Gasteiger partial charge on any atom is -0.497 e. The molecule has 2 N–H and O–H groups in total. The maximum atomic E-state index is 10.9. The molecule has 0 bridgehead atoms. The number of hydrogen-bond donors (Lipinski definition) is 2. The van der Waals surface area contributed by atoms with Crippen molar-refractivity contribution in [2.75, 3.05) is 14.2 Å². The minimum absolute atomic E-state index is 0.0983. The lowest BCUT2D eigenvalue weighted by molar-refractivity contribution is -0.150. The number of rotatable bonds is 5. The van der Waals surface area contributed by atoms with Gasteiger partial charge in [-0.05, 0) is 17.7 Å². The summed E-state index contributed by atoms with van der Waals surface area (Å²) in [4.78, 5) is 21.8. The summed E-state index contributed by atoms with van der Waals surface area (Å²) in [5.74, 6) is -3.83. The van der Waals surface area contributed by atoms with E-state index >= 15 is 0 Å². The van der Waals surface area contributed by atoms with Crippen molar-refractivity contribution in [1.82, 2.24) is 0 Å². The predicted molar refractivity (Wildman–Crippen MR) is 57.6 cm³/mol. The van der Waals surface area contributed by atoms with Crippen LogP contribution in [0, 0.1) is 0 Å². The van der Waals surface area contributed by atoms with Crippen LogP contribution in [-0.4, -0.2) is 36.4 Å². The zero-order chi connectivity index (χ0) is 13.0. The van der Waals surface area contributed by atoms with Crippen LogP contribution in [0.4, 0.5) is 0 Å². The highest BCUT2D eigenvalue weighted by molar-refractivity contribution is 5.99. The maximum absolute atomic E-state index is 10.9. The van der Waals surface area contributed by atoms with Crippen LogP contribution in [-0.2, 0) is 9.59 Å². The summed E-state index contributed by atoms with van der Waals surface area (Å²) in [6.07, 6.45) is 0. The van der Waals surface area contributed by atoms with Gasteiger partial charge in [-0.1, -0.05) is 0 Å². The SMILES string of the molecule is COc1cc(OC)cc(C(C(=O)O)C(=O)O)c1. The van der Waals surface area contributed by atoms with Crippen LogP contribution in [0.5, 0.6) is 11.5 Å². The first-order valence-corrected chi connectivity index (χ1v) is 4.68. The molecule has 0 saturated heterocycles. The van der Waals surface area contributed by atoms with Crippen molar-refractivity contribution in [2.45, 2.75) is 5.92 Å². The predicted octanol–water partition coefficient (Wildman–Crippen LogP) is 0.957. The summed E-state index contributed by atoms with van der Waals surface area (Å²) in [7, 11) is 2.80.